The Labute approximate surface area is 192 Å². The van der Waals surface area contributed by atoms with Crippen LogP contribution >= 0.6 is 11.3 Å². The predicted molar refractivity (Wildman–Crippen MR) is 125 cm³/mol. The van der Waals surface area contributed by atoms with Gasteiger partial charge in [-0.25, -0.2) is 9.78 Å². The summed E-state index contributed by atoms with van der Waals surface area (Å²) in [6.07, 6.45) is 4.45. The molecular weight excluding hydrogens is 424 g/mol. The van der Waals surface area contributed by atoms with Gasteiger partial charge in [0.15, 0.2) is 0 Å². The Balaban J connectivity index is 1.65. The molecule has 1 aliphatic rings. The SMILES string of the molecule is CCC(C)(NC(=O)c1ccc2c(c1OCc1nc3ccccc3s1)CCCC2)C(=O)OC. The lowest BCUT2D eigenvalue weighted by Crippen LogP contribution is -2.52. The van der Waals surface area contributed by atoms with E-state index < -0.39 is 11.5 Å². The van der Waals surface area contributed by atoms with Crippen molar-refractivity contribution in [1.82, 2.24) is 10.3 Å². The Morgan fingerprint density at radius 3 is 2.69 bits per heavy atom. The van der Waals surface area contributed by atoms with Crippen LogP contribution in [-0.4, -0.2) is 29.5 Å². The van der Waals surface area contributed by atoms with Gasteiger partial charge in [0.2, 0.25) is 0 Å². The summed E-state index contributed by atoms with van der Waals surface area (Å²) in [7, 11) is 1.33. The fraction of sp³-hybridized carbons (Fsp3) is 0.400. The number of carbonyl (C=O) groups excluding carboxylic acids is 2. The van der Waals surface area contributed by atoms with Crippen molar-refractivity contribution in [2.75, 3.05) is 7.11 Å². The fourth-order valence-electron chi connectivity index (χ4n) is 4.08. The smallest absolute Gasteiger partial charge is 0.331 e. The molecule has 7 heteroatoms. The number of ether oxygens (including phenoxy) is 2. The number of nitrogens with one attached hydrogen (secondary N) is 1. The normalized spacial score (nSPS) is 15.0. The lowest BCUT2D eigenvalue weighted by Gasteiger charge is -2.28. The minimum atomic E-state index is -1.11. The van der Waals surface area contributed by atoms with E-state index in [-0.39, 0.29) is 12.5 Å². The van der Waals surface area contributed by atoms with E-state index in [0.29, 0.717) is 17.7 Å². The quantitative estimate of drug-likeness (QED) is 0.520. The highest BCUT2D eigenvalue weighted by Crippen LogP contribution is 2.34. The van der Waals surface area contributed by atoms with Crippen molar-refractivity contribution in [2.24, 2.45) is 0 Å². The van der Waals surface area contributed by atoms with Crippen LogP contribution in [0.3, 0.4) is 0 Å². The van der Waals surface area contributed by atoms with E-state index in [1.54, 1.807) is 24.3 Å². The largest absolute Gasteiger partial charge is 0.485 e. The zero-order chi connectivity index (χ0) is 22.7. The average molecular weight is 453 g/mol. The Hall–Kier alpha value is -2.93. The number of methoxy groups -OCH3 is 1. The highest BCUT2D eigenvalue weighted by atomic mass is 32.1. The molecule has 168 valence electrons. The third-order valence-electron chi connectivity index (χ3n) is 6.14. The molecule has 0 radical (unpaired) electrons. The third-order valence-corrected chi connectivity index (χ3v) is 7.15. The van der Waals surface area contributed by atoms with Gasteiger partial charge in [-0.3, -0.25) is 4.79 Å². The number of hydrogen-bond acceptors (Lipinski definition) is 6. The molecule has 1 N–H and O–H groups in total. The summed E-state index contributed by atoms with van der Waals surface area (Å²) in [5.41, 5.74) is 2.59. The maximum atomic E-state index is 13.3. The molecule has 32 heavy (non-hydrogen) atoms. The monoisotopic (exact) mass is 452 g/mol. The highest BCUT2D eigenvalue weighted by Gasteiger charge is 2.35. The molecule has 0 aliphatic heterocycles. The van der Waals surface area contributed by atoms with Crippen LogP contribution in [0.15, 0.2) is 36.4 Å². The summed E-state index contributed by atoms with van der Waals surface area (Å²) < 4.78 is 12.3. The molecular formula is C25H28N2O4S. The highest BCUT2D eigenvalue weighted by molar-refractivity contribution is 7.18. The number of para-hydroxylation sites is 1. The molecule has 0 saturated heterocycles. The van der Waals surface area contributed by atoms with Crippen LogP contribution in [0.25, 0.3) is 10.2 Å². The van der Waals surface area contributed by atoms with Crippen LogP contribution in [0.2, 0.25) is 0 Å². The van der Waals surface area contributed by atoms with E-state index in [4.69, 9.17) is 9.47 Å². The third kappa shape index (κ3) is 4.35. The van der Waals surface area contributed by atoms with Gasteiger partial charge < -0.3 is 14.8 Å². The number of hydrogen-bond donors (Lipinski definition) is 1. The van der Waals surface area contributed by atoms with Crippen LogP contribution in [0.4, 0.5) is 0 Å². The Bertz CT molecular complexity index is 1120. The number of aromatic nitrogens is 1. The van der Waals surface area contributed by atoms with E-state index in [0.717, 1.165) is 46.5 Å². The predicted octanol–water partition coefficient (Wildman–Crippen LogP) is 4.83. The van der Waals surface area contributed by atoms with Crippen LogP contribution in [0.5, 0.6) is 5.75 Å². The van der Waals surface area contributed by atoms with Gasteiger partial charge in [0, 0.05) is 0 Å². The van der Waals surface area contributed by atoms with Gasteiger partial charge in [0.05, 0.1) is 22.9 Å². The van der Waals surface area contributed by atoms with Gasteiger partial charge in [0.25, 0.3) is 5.91 Å². The summed E-state index contributed by atoms with van der Waals surface area (Å²) in [5.74, 6) is -0.210. The maximum Gasteiger partial charge on any atom is 0.331 e. The van der Waals surface area contributed by atoms with E-state index in [9.17, 15) is 9.59 Å². The number of amides is 1. The van der Waals surface area contributed by atoms with E-state index in [1.807, 2.05) is 37.3 Å². The molecule has 0 spiro atoms. The van der Waals surface area contributed by atoms with Crippen LogP contribution < -0.4 is 10.1 Å². The second-order valence-corrected chi connectivity index (χ2v) is 9.40. The molecule has 4 rings (SSSR count). The molecule has 1 amide bonds. The molecule has 0 fully saturated rings. The topological polar surface area (TPSA) is 77.5 Å². The fourth-order valence-corrected chi connectivity index (χ4v) is 4.96. The minimum absolute atomic E-state index is 0.290. The zero-order valence-electron chi connectivity index (χ0n) is 18.7. The molecule has 0 bridgehead atoms. The van der Waals surface area contributed by atoms with Crippen LogP contribution in [-0.2, 0) is 29.0 Å². The molecule has 1 unspecified atom stereocenters. The van der Waals surface area contributed by atoms with Gasteiger partial charge in [0.1, 0.15) is 22.9 Å². The minimum Gasteiger partial charge on any atom is -0.485 e. The lowest BCUT2D eigenvalue weighted by molar-refractivity contribution is -0.147. The Kier molecular flexibility index (Phi) is 6.46. The van der Waals surface area contributed by atoms with E-state index in [1.165, 1.54) is 12.7 Å². The van der Waals surface area contributed by atoms with E-state index >= 15 is 0 Å². The van der Waals surface area contributed by atoms with Crippen LogP contribution in [0, 0.1) is 0 Å². The summed E-state index contributed by atoms with van der Waals surface area (Å²) in [6.45, 7) is 3.81. The molecule has 1 aromatic heterocycles. The summed E-state index contributed by atoms with van der Waals surface area (Å²) in [5, 5.41) is 3.73. The Morgan fingerprint density at radius 2 is 1.94 bits per heavy atom. The first-order valence-electron chi connectivity index (χ1n) is 11.0. The van der Waals surface area contributed by atoms with Crippen molar-refractivity contribution in [3.63, 3.8) is 0 Å². The first kappa shape index (κ1) is 22.3. The molecule has 2 aromatic carbocycles. The first-order chi connectivity index (χ1) is 15.4. The zero-order valence-corrected chi connectivity index (χ0v) is 19.5. The Morgan fingerprint density at radius 1 is 1.16 bits per heavy atom. The number of esters is 1. The standard InChI is InChI=1S/C25H28N2O4S/c1-4-25(2,24(29)30-3)27-23(28)18-14-13-16-9-5-6-10-17(16)22(18)31-15-21-26-19-11-7-8-12-20(19)32-21/h7-8,11-14H,4-6,9-10,15H2,1-3H3,(H,27,28). The van der Waals surface area contributed by atoms with Gasteiger partial charge in [-0.1, -0.05) is 25.1 Å². The van der Waals surface area contributed by atoms with Crippen molar-refractivity contribution >= 4 is 33.4 Å². The number of carbonyl (C=O) groups is 2. The number of benzene rings is 2. The number of rotatable bonds is 7. The number of nitrogens with zero attached hydrogens (tertiary/aromatic N) is 1. The van der Waals surface area contributed by atoms with Crippen LogP contribution in [0.1, 0.15) is 59.6 Å². The molecule has 1 atom stereocenters. The second-order valence-electron chi connectivity index (χ2n) is 8.28. The number of thiazole rings is 1. The second kappa shape index (κ2) is 9.28. The number of aryl methyl sites for hydroxylation is 1. The maximum absolute atomic E-state index is 13.3. The molecule has 0 saturated carbocycles. The van der Waals surface area contributed by atoms with Crippen molar-refractivity contribution in [3.8, 4) is 5.75 Å². The van der Waals surface area contributed by atoms with Gasteiger partial charge in [-0.05, 0) is 68.4 Å². The molecule has 1 aliphatic carbocycles. The summed E-state index contributed by atoms with van der Waals surface area (Å²) in [4.78, 5) is 30.2. The summed E-state index contributed by atoms with van der Waals surface area (Å²) >= 11 is 1.59. The lowest BCUT2D eigenvalue weighted by atomic mass is 9.88. The van der Waals surface area contributed by atoms with Gasteiger partial charge in [-0.2, -0.15) is 0 Å². The molecule has 6 nitrogen and oxygen atoms in total. The van der Waals surface area contributed by atoms with Gasteiger partial charge >= 0.3 is 5.97 Å². The first-order valence-corrected chi connectivity index (χ1v) is 11.8. The summed E-state index contributed by atoms with van der Waals surface area (Å²) in [6, 6.07) is 11.8. The van der Waals surface area contributed by atoms with Gasteiger partial charge in [-0.15, -0.1) is 11.3 Å². The molecule has 1 heterocycles. The van der Waals surface area contributed by atoms with E-state index in [2.05, 4.69) is 10.3 Å². The number of fused-ring (bicyclic) bond motifs is 2. The molecule has 3 aromatic rings. The van der Waals surface area contributed by atoms with Crippen molar-refractivity contribution in [2.45, 2.75) is 58.1 Å². The van der Waals surface area contributed by atoms with Crippen molar-refractivity contribution in [3.05, 3.63) is 58.1 Å². The van der Waals surface area contributed by atoms with Crippen molar-refractivity contribution < 1.29 is 19.1 Å². The van der Waals surface area contributed by atoms with Crippen molar-refractivity contribution in [1.29, 1.82) is 0 Å². The average Bonchev–Trinajstić information content (AvgIpc) is 3.24.